The van der Waals surface area contributed by atoms with Crippen molar-refractivity contribution >= 4 is 21.8 Å². The van der Waals surface area contributed by atoms with E-state index in [1.165, 1.54) is 12.1 Å². The molecule has 2 rings (SSSR count). The summed E-state index contributed by atoms with van der Waals surface area (Å²) in [6.07, 6.45) is 0. The highest BCUT2D eigenvalue weighted by Crippen LogP contribution is 2.14. The number of aromatic amines is 1. The molecule has 2 aromatic heterocycles. The Hall–Kier alpha value is -1.61. The molecule has 84 valence electrons. The summed E-state index contributed by atoms with van der Waals surface area (Å²) in [4.78, 5) is 3.41. The molecule has 0 aliphatic heterocycles. The lowest BCUT2D eigenvalue weighted by Gasteiger charge is -1.91. The van der Waals surface area contributed by atoms with Crippen molar-refractivity contribution in [1.82, 2.24) is 25.4 Å². The number of halogens is 2. The predicted octanol–water partition coefficient (Wildman–Crippen LogP) is 0.573. The van der Waals surface area contributed by atoms with E-state index in [1.54, 1.807) is 0 Å². The summed E-state index contributed by atoms with van der Waals surface area (Å²) in [6.45, 7) is 0. The molecule has 2 heterocycles. The Morgan fingerprint density at radius 3 is 2.56 bits per heavy atom. The van der Waals surface area contributed by atoms with E-state index in [1.807, 2.05) is 5.10 Å². The zero-order valence-corrected chi connectivity index (χ0v) is 9.00. The Morgan fingerprint density at radius 1 is 1.31 bits per heavy atom. The first-order valence-electron chi connectivity index (χ1n) is 3.83. The molecule has 0 spiro atoms. The van der Waals surface area contributed by atoms with Gasteiger partial charge in [0.2, 0.25) is 5.82 Å². The van der Waals surface area contributed by atoms with Gasteiger partial charge < -0.3 is 0 Å². The SMILES string of the molecule is O=S(=O)(F)c1nc(-c2ccc(Cl)nn2)n[nH]1. The smallest absolute Gasteiger partial charge is 0.247 e. The highest BCUT2D eigenvalue weighted by molar-refractivity contribution is 7.86. The van der Waals surface area contributed by atoms with Gasteiger partial charge in [0.1, 0.15) is 5.69 Å². The molecular formula is C6H3ClFN5O2S. The van der Waals surface area contributed by atoms with Crippen LogP contribution in [0, 0.1) is 0 Å². The highest BCUT2D eigenvalue weighted by Gasteiger charge is 2.19. The molecule has 0 aliphatic carbocycles. The van der Waals surface area contributed by atoms with Gasteiger partial charge >= 0.3 is 10.2 Å². The van der Waals surface area contributed by atoms with Gasteiger partial charge in [0.05, 0.1) is 0 Å². The quantitative estimate of drug-likeness (QED) is 0.795. The summed E-state index contributed by atoms with van der Waals surface area (Å²) in [6, 6.07) is 2.84. The van der Waals surface area contributed by atoms with E-state index in [4.69, 9.17) is 11.6 Å². The first kappa shape index (κ1) is 10.9. The number of nitrogens with zero attached hydrogens (tertiary/aromatic N) is 4. The summed E-state index contributed by atoms with van der Waals surface area (Å²) < 4.78 is 33.4. The van der Waals surface area contributed by atoms with Crippen LogP contribution in [0.25, 0.3) is 11.5 Å². The van der Waals surface area contributed by atoms with Crippen LogP contribution in [0.2, 0.25) is 5.15 Å². The number of hydrogen-bond donors (Lipinski definition) is 1. The highest BCUT2D eigenvalue weighted by atomic mass is 35.5. The van der Waals surface area contributed by atoms with Crippen LogP contribution < -0.4 is 0 Å². The predicted molar refractivity (Wildman–Crippen MR) is 50.7 cm³/mol. The third-order valence-electron chi connectivity index (χ3n) is 1.56. The van der Waals surface area contributed by atoms with Crippen LogP contribution in [-0.4, -0.2) is 33.8 Å². The number of rotatable bonds is 2. The minimum atomic E-state index is -4.90. The monoisotopic (exact) mass is 263 g/mol. The third kappa shape index (κ3) is 2.14. The molecule has 0 aromatic carbocycles. The Kier molecular flexibility index (Phi) is 2.56. The normalized spacial score (nSPS) is 11.6. The lowest BCUT2D eigenvalue weighted by atomic mass is 10.4. The Balaban J connectivity index is 2.43. The number of hydrogen-bond acceptors (Lipinski definition) is 6. The molecule has 0 saturated heterocycles. The van der Waals surface area contributed by atoms with Gasteiger partial charge in [-0.3, -0.25) is 0 Å². The summed E-state index contributed by atoms with van der Waals surface area (Å²) >= 11 is 5.50. The second-order valence-corrected chi connectivity index (χ2v) is 4.29. The Labute approximate surface area is 93.9 Å². The summed E-state index contributed by atoms with van der Waals surface area (Å²) in [5.74, 6) is -0.0830. The second kappa shape index (κ2) is 3.76. The molecule has 0 aliphatic rings. The fourth-order valence-electron chi connectivity index (χ4n) is 0.906. The Bertz CT molecular complexity index is 610. The molecule has 0 radical (unpaired) electrons. The molecular weight excluding hydrogens is 261 g/mol. The van der Waals surface area contributed by atoms with Crippen molar-refractivity contribution in [3.05, 3.63) is 17.3 Å². The average molecular weight is 264 g/mol. The maximum absolute atomic E-state index is 12.5. The topological polar surface area (TPSA) is 101 Å². The van der Waals surface area contributed by atoms with Crippen molar-refractivity contribution in [1.29, 1.82) is 0 Å². The maximum Gasteiger partial charge on any atom is 0.367 e. The average Bonchev–Trinajstić information content (AvgIpc) is 2.67. The molecule has 0 saturated carbocycles. The van der Waals surface area contributed by atoms with E-state index >= 15 is 0 Å². The first-order valence-corrected chi connectivity index (χ1v) is 5.59. The molecule has 10 heteroatoms. The van der Waals surface area contributed by atoms with Crippen molar-refractivity contribution in [2.75, 3.05) is 0 Å². The standard InChI is InChI=1S/C6H3ClFN5O2S/c7-4-2-1-3(10-11-4)5-9-6(13-12-5)16(8,14)15/h1-2H,(H,9,12,13). The summed E-state index contributed by atoms with van der Waals surface area (Å²) in [5.41, 5.74) is 0.176. The molecule has 0 fully saturated rings. The van der Waals surface area contributed by atoms with Crippen molar-refractivity contribution in [2.45, 2.75) is 5.16 Å². The van der Waals surface area contributed by atoms with Gasteiger partial charge in [0.15, 0.2) is 5.15 Å². The van der Waals surface area contributed by atoms with Crippen molar-refractivity contribution in [3.63, 3.8) is 0 Å². The Morgan fingerprint density at radius 2 is 2.06 bits per heavy atom. The van der Waals surface area contributed by atoms with E-state index < -0.39 is 15.4 Å². The zero-order valence-electron chi connectivity index (χ0n) is 7.42. The lowest BCUT2D eigenvalue weighted by molar-refractivity contribution is 0.542. The van der Waals surface area contributed by atoms with Crippen LogP contribution in [0.1, 0.15) is 0 Å². The molecule has 0 unspecified atom stereocenters. The lowest BCUT2D eigenvalue weighted by Crippen LogP contribution is -1.94. The van der Waals surface area contributed by atoms with Crippen LogP contribution in [0.15, 0.2) is 17.3 Å². The molecule has 0 bridgehead atoms. The third-order valence-corrected chi connectivity index (χ3v) is 2.40. The van der Waals surface area contributed by atoms with Gasteiger partial charge in [-0.2, -0.15) is 18.5 Å². The summed E-state index contributed by atoms with van der Waals surface area (Å²) in [7, 11) is -4.90. The van der Waals surface area contributed by atoms with E-state index in [-0.39, 0.29) is 16.7 Å². The molecule has 0 amide bonds. The zero-order chi connectivity index (χ0) is 11.8. The van der Waals surface area contributed by atoms with Crippen LogP contribution >= 0.6 is 11.6 Å². The van der Waals surface area contributed by atoms with Gasteiger partial charge in [0.25, 0.3) is 5.16 Å². The fraction of sp³-hybridized carbons (Fsp3) is 0. The van der Waals surface area contributed by atoms with Gasteiger partial charge in [-0.05, 0) is 12.1 Å². The van der Waals surface area contributed by atoms with E-state index in [2.05, 4.69) is 20.3 Å². The van der Waals surface area contributed by atoms with Crippen molar-refractivity contribution < 1.29 is 12.3 Å². The van der Waals surface area contributed by atoms with E-state index in [9.17, 15) is 12.3 Å². The fourth-order valence-corrected chi connectivity index (χ4v) is 1.36. The van der Waals surface area contributed by atoms with Gasteiger partial charge in [-0.1, -0.05) is 15.5 Å². The van der Waals surface area contributed by atoms with Crippen LogP contribution in [0.3, 0.4) is 0 Å². The van der Waals surface area contributed by atoms with Crippen LogP contribution in [-0.2, 0) is 10.2 Å². The number of H-pyrrole nitrogens is 1. The maximum atomic E-state index is 12.5. The summed E-state index contributed by atoms with van der Waals surface area (Å²) in [5, 5.41) is 11.8. The molecule has 1 N–H and O–H groups in total. The minimum Gasteiger partial charge on any atom is -0.247 e. The molecule has 0 atom stereocenters. The minimum absolute atomic E-state index is 0.0830. The molecule has 16 heavy (non-hydrogen) atoms. The largest absolute Gasteiger partial charge is 0.367 e. The van der Waals surface area contributed by atoms with Gasteiger partial charge in [-0.25, -0.2) is 5.10 Å². The van der Waals surface area contributed by atoms with Gasteiger partial charge in [0, 0.05) is 0 Å². The number of aromatic nitrogens is 5. The second-order valence-electron chi connectivity index (χ2n) is 2.64. The molecule has 7 nitrogen and oxygen atoms in total. The van der Waals surface area contributed by atoms with Crippen molar-refractivity contribution in [2.24, 2.45) is 0 Å². The first-order chi connectivity index (χ1) is 7.47. The van der Waals surface area contributed by atoms with Gasteiger partial charge in [-0.15, -0.1) is 10.2 Å². The number of nitrogens with one attached hydrogen (secondary N) is 1. The molecule has 2 aromatic rings. The van der Waals surface area contributed by atoms with Crippen LogP contribution in [0.4, 0.5) is 3.89 Å². The van der Waals surface area contributed by atoms with Crippen LogP contribution in [0.5, 0.6) is 0 Å². The van der Waals surface area contributed by atoms with E-state index in [0.29, 0.717) is 0 Å². The van der Waals surface area contributed by atoms with E-state index in [0.717, 1.165) is 0 Å². The van der Waals surface area contributed by atoms with Crippen molar-refractivity contribution in [3.8, 4) is 11.5 Å².